The molecule has 1 amide bonds. The number of ether oxygens (including phenoxy) is 1. The molecule has 0 saturated heterocycles. The Hall–Kier alpha value is -4.12. The average Bonchev–Trinajstić information content (AvgIpc) is 3.11. The Balaban J connectivity index is 1.70. The number of carbonyl (C=O) groups excluding carboxylic acids is 1. The molecule has 0 saturated carbocycles. The molecule has 0 bridgehead atoms. The van der Waals surface area contributed by atoms with Crippen LogP contribution >= 0.6 is 0 Å². The number of carbonyl (C=O) groups is 1. The monoisotopic (exact) mass is 410 g/mol. The van der Waals surface area contributed by atoms with Crippen LogP contribution < -0.4 is 10.5 Å². The Morgan fingerprint density at radius 1 is 0.871 bits per heavy atom. The van der Waals surface area contributed by atoms with Gasteiger partial charge in [-0.25, -0.2) is 4.39 Å². The van der Waals surface area contributed by atoms with Crippen molar-refractivity contribution in [3.05, 3.63) is 108 Å². The van der Waals surface area contributed by atoms with E-state index in [0.29, 0.717) is 34.1 Å². The molecule has 0 aliphatic carbocycles. The number of benzene rings is 4. The molecule has 0 unspecified atom stereocenters. The molecule has 4 aromatic carbocycles. The summed E-state index contributed by atoms with van der Waals surface area (Å²) in [5.74, 6) is 0.512. The van der Waals surface area contributed by atoms with Gasteiger partial charge >= 0.3 is 0 Å². The van der Waals surface area contributed by atoms with Gasteiger partial charge in [-0.05, 0) is 36.4 Å². The fourth-order valence-corrected chi connectivity index (χ4v) is 4.05. The summed E-state index contributed by atoms with van der Waals surface area (Å²) >= 11 is 0. The first kappa shape index (κ1) is 18.9. The maximum absolute atomic E-state index is 15.0. The Labute approximate surface area is 178 Å². The molecule has 0 atom stereocenters. The summed E-state index contributed by atoms with van der Waals surface area (Å²) in [5.41, 5.74) is 8.05. The molecule has 0 radical (unpaired) electrons. The Bertz CT molecular complexity index is 1420. The van der Waals surface area contributed by atoms with Crippen molar-refractivity contribution in [2.45, 2.75) is 6.54 Å². The van der Waals surface area contributed by atoms with Crippen LogP contribution in [-0.4, -0.2) is 10.5 Å². The van der Waals surface area contributed by atoms with Crippen LogP contribution in [0.2, 0.25) is 0 Å². The van der Waals surface area contributed by atoms with Crippen molar-refractivity contribution in [3.63, 3.8) is 0 Å². The second kappa shape index (κ2) is 7.61. The number of para-hydroxylation sites is 3. The summed E-state index contributed by atoms with van der Waals surface area (Å²) in [4.78, 5) is 12.1. The van der Waals surface area contributed by atoms with Gasteiger partial charge in [0.25, 0.3) is 0 Å². The van der Waals surface area contributed by atoms with Crippen LogP contribution in [0.25, 0.3) is 21.8 Å². The van der Waals surface area contributed by atoms with Crippen molar-refractivity contribution < 1.29 is 13.9 Å². The summed E-state index contributed by atoms with van der Waals surface area (Å²) in [7, 11) is 0. The van der Waals surface area contributed by atoms with Crippen molar-refractivity contribution in [2.75, 3.05) is 0 Å². The van der Waals surface area contributed by atoms with Crippen LogP contribution in [0.15, 0.2) is 91.0 Å². The lowest BCUT2D eigenvalue weighted by atomic mass is 10.1. The van der Waals surface area contributed by atoms with Crippen LogP contribution in [0.5, 0.6) is 11.5 Å². The highest BCUT2D eigenvalue weighted by atomic mass is 19.1. The van der Waals surface area contributed by atoms with Gasteiger partial charge in [-0.1, -0.05) is 54.6 Å². The van der Waals surface area contributed by atoms with Gasteiger partial charge < -0.3 is 15.0 Å². The molecule has 152 valence electrons. The minimum Gasteiger partial charge on any atom is -0.457 e. The van der Waals surface area contributed by atoms with E-state index >= 15 is 0 Å². The number of fused-ring (bicyclic) bond motifs is 3. The summed E-state index contributed by atoms with van der Waals surface area (Å²) in [6.07, 6.45) is 0. The highest BCUT2D eigenvalue weighted by Gasteiger charge is 2.19. The Morgan fingerprint density at radius 2 is 1.61 bits per heavy atom. The van der Waals surface area contributed by atoms with Crippen molar-refractivity contribution in [1.82, 2.24) is 4.57 Å². The van der Waals surface area contributed by atoms with Crippen LogP contribution in [-0.2, 0) is 6.54 Å². The third-order valence-corrected chi connectivity index (χ3v) is 5.40. The molecule has 5 rings (SSSR count). The van der Waals surface area contributed by atoms with Gasteiger partial charge in [0.05, 0.1) is 17.6 Å². The van der Waals surface area contributed by atoms with Gasteiger partial charge in [-0.3, -0.25) is 4.79 Å². The minimum absolute atomic E-state index is 0.356. The van der Waals surface area contributed by atoms with Crippen molar-refractivity contribution in [2.24, 2.45) is 5.73 Å². The molecule has 31 heavy (non-hydrogen) atoms. The third kappa shape index (κ3) is 3.30. The lowest BCUT2D eigenvalue weighted by Gasteiger charge is -2.14. The number of aromatic nitrogens is 1. The van der Waals surface area contributed by atoms with Crippen molar-refractivity contribution in [3.8, 4) is 11.5 Å². The predicted molar refractivity (Wildman–Crippen MR) is 120 cm³/mol. The number of nitrogens with zero attached hydrogens (tertiary/aromatic N) is 1. The summed E-state index contributed by atoms with van der Waals surface area (Å²) in [5, 5.41) is 1.32. The Morgan fingerprint density at radius 3 is 2.42 bits per heavy atom. The highest BCUT2D eigenvalue weighted by Crippen LogP contribution is 2.35. The molecule has 1 aromatic heterocycles. The Kier molecular flexibility index (Phi) is 4.64. The van der Waals surface area contributed by atoms with Crippen LogP contribution in [0.3, 0.4) is 0 Å². The standard InChI is InChI=1S/C26H19FN2O2/c27-21-13-6-11-19-24-20(26(28)30)12-7-14-22(24)29(25(19)21)16-17-8-4-5-15-23(17)31-18-9-2-1-3-10-18/h1-15H,16H2,(H2,28,30). The summed E-state index contributed by atoms with van der Waals surface area (Å²) < 4.78 is 23.0. The van der Waals surface area contributed by atoms with E-state index in [9.17, 15) is 9.18 Å². The fraction of sp³-hybridized carbons (Fsp3) is 0.0385. The van der Waals surface area contributed by atoms with E-state index in [1.165, 1.54) is 6.07 Å². The molecule has 4 nitrogen and oxygen atoms in total. The lowest BCUT2D eigenvalue weighted by molar-refractivity contribution is 0.100. The zero-order valence-corrected chi connectivity index (χ0v) is 16.6. The second-order valence-electron chi connectivity index (χ2n) is 7.31. The highest BCUT2D eigenvalue weighted by molar-refractivity contribution is 6.18. The van der Waals surface area contributed by atoms with Crippen molar-refractivity contribution >= 4 is 27.7 Å². The molecular formula is C26H19FN2O2. The number of hydrogen-bond donors (Lipinski definition) is 1. The zero-order chi connectivity index (χ0) is 21.4. The number of hydrogen-bond acceptors (Lipinski definition) is 2. The smallest absolute Gasteiger partial charge is 0.249 e. The number of rotatable bonds is 5. The van der Waals surface area contributed by atoms with E-state index in [2.05, 4.69) is 0 Å². The van der Waals surface area contributed by atoms with Gasteiger partial charge in [-0.2, -0.15) is 0 Å². The van der Waals surface area contributed by atoms with E-state index < -0.39 is 5.91 Å². The molecule has 5 aromatic rings. The van der Waals surface area contributed by atoms with Crippen LogP contribution in [0.1, 0.15) is 15.9 Å². The molecule has 5 heteroatoms. The van der Waals surface area contributed by atoms with E-state index in [0.717, 1.165) is 16.8 Å². The van der Waals surface area contributed by atoms with Crippen LogP contribution in [0.4, 0.5) is 4.39 Å². The summed E-state index contributed by atoms with van der Waals surface area (Å²) in [6, 6.07) is 27.4. The minimum atomic E-state index is -0.540. The fourth-order valence-electron chi connectivity index (χ4n) is 4.05. The molecule has 0 aliphatic heterocycles. The van der Waals surface area contributed by atoms with Gasteiger partial charge in [0.15, 0.2) is 0 Å². The van der Waals surface area contributed by atoms with E-state index in [4.69, 9.17) is 10.5 Å². The molecule has 0 aliphatic rings. The maximum Gasteiger partial charge on any atom is 0.249 e. The first-order chi connectivity index (χ1) is 15.1. The molecule has 2 N–H and O–H groups in total. The maximum atomic E-state index is 15.0. The van der Waals surface area contributed by atoms with Crippen LogP contribution in [0, 0.1) is 5.82 Å². The first-order valence-corrected chi connectivity index (χ1v) is 9.93. The zero-order valence-electron chi connectivity index (χ0n) is 16.6. The van der Waals surface area contributed by atoms with E-state index in [1.54, 1.807) is 18.2 Å². The van der Waals surface area contributed by atoms with Crippen molar-refractivity contribution in [1.29, 1.82) is 0 Å². The second-order valence-corrected chi connectivity index (χ2v) is 7.31. The SMILES string of the molecule is NC(=O)c1cccc2c1c1cccc(F)c1n2Cc1ccccc1Oc1ccccc1. The van der Waals surface area contributed by atoms with Gasteiger partial charge in [-0.15, -0.1) is 0 Å². The average molecular weight is 410 g/mol. The third-order valence-electron chi connectivity index (χ3n) is 5.40. The predicted octanol–water partition coefficient (Wildman–Crippen LogP) is 5.87. The largest absolute Gasteiger partial charge is 0.457 e. The van der Waals surface area contributed by atoms with Gasteiger partial charge in [0.2, 0.25) is 5.91 Å². The van der Waals surface area contributed by atoms with Gasteiger partial charge in [0, 0.05) is 21.9 Å². The number of halogens is 1. The van der Waals surface area contributed by atoms with E-state index in [-0.39, 0.29) is 5.82 Å². The number of nitrogens with two attached hydrogens (primary N) is 1. The quantitative estimate of drug-likeness (QED) is 0.394. The van der Waals surface area contributed by atoms with E-state index in [1.807, 2.05) is 71.3 Å². The molecule has 1 heterocycles. The number of amides is 1. The lowest BCUT2D eigenvalue weighted by Crippen LogP contribution is -2.11. The molecule has 0 fully saturated rings. The topological polar surface area (TPSA) is 57.2 Å². The molecule has 0 spiro atoms. The summed E-state index contributed by atoms with van der Waals surface area (Å²) in [6.45, 7) is 0.367. The first-order valence-electron chi connectivity index (χ1n) is 9.93. The normalized spacial score (nSPS) is 11.1. The molecular weight excluding hydrogens is 391 g/mol. The number of primary amides is 1. The van der Waals surface area contributed by atoms with Gasteiger partial charge in [0.1, 0.15) is 17.3 Å².